The molecule has 0 unspecified atom stereocenters. The molecular weight excluding hydrogens is 302 g/mol. The molecule has 2 heterocycles. The van der Waals surface area contributed by atoms with E-state index < -0.39 is 0 Å². The summed E-state index contributed by atoms with van der Waals surface area (Å²) in [6, 6.07) is 12.2. The second-order valence-electron chi connectivity index (χ2n) is 6.77. The highest BCUT2D eigenvalue weighted by Gasteiger charge is 2.37. The number of hydrogen-bond acceptors (Lipinski definition) is 3. The van der Waals surface area contributed by atoms with Crippen molar-refractivity contribution in [1.82, 2.24) is 15.1 Å². The molecule has 126 valence electrons. The Morgan fingerprint density at radius 3 is 2.83 bits per heavy atom. The molecule has 1 amide bonds. The summed E-state index contributed by atoms with van der Waals surface area (Å²) in [7, 11) is 0. The van der Waals surface area contributed by atoms with Crippen LogP contribution in [0.5, 0.6) is 0 Å². The van der Waals surface area contributed by atoms with Crippen LogP contribution in [0.2, 0.25) is 0 Å². The van der Waals surface area contributed by atoms with Gasteiger partial charge in [-0.25, -0.2) is 0 Å². The molecule has 2 aliphatic rings. The first-order chi connectivity index (χ1) is 11.8. The third kappa shape index (κ3) is 3.36. The van der Waals surface area contributed by atoms with E-state index in [0.717, 1.165) is 18.7 Å². The van der Waals surface area contributed by atoms with E-state index >= 15 is 0 Å². The average molecular weight is 325 g/mol. The van der Waals surface area contributed by atoms with Crippen LogP contribution in [-0.4, -0.2) is 28.8 Å². The molecule has 0 radical (unpaired) electrons. The number of nitrogens with zero attached hydrogens (tertiary/aromatic N) is 2. The van der Waals surface area contributed by atoms with Crippen molar-refractivity contribution in [3.8, 4) is 0 Å². The Morgan fingerprint density at radius 2 is 2.04 bits per heavy atom. The van der Waals surface area contributed by atoms with Crippen LogP contribution in [0.1, 0.15) is 36.6 Å². The van der Waals surface area contributed by atoms with E-state index in [4.69, 9.17) is 4.74 Å². The minimum absolute atomic E-state index is 0.116. The van der Waals surface area contributed by atoms with Crippen LogP contribution in [0.25, 0.3) is 0 Å². The lowest BCUT2D eigenvalue weighted by atomic mass is 9.97. The number of benzene rings is 1. The smallest absolute Gasteiger partial charge is 0.226 e. The summed E-state index contributed by atoms with van der Waals surface area (Å²) >= 11 is 0. The number of carbonyl (C=O) groups excluding carboxylic acids is 1. The predicted molar refractivity (Wildman–Crippen MR) is 90.3 cm³/mol. The molecule has 1 aromatic carbocycles. The van der Waals surface area contributed by atoms with Gasteiger partial charge in [0.15, 0.2) is 0 Å². The second-order valence-corrected chi connectivity index (χ2v) is 6.77. The molecule has 2 aromatic rings. The summed E-state index contributed by atoms with van der Waals surface area (Å²) in [6.45, 7) is 2.13. The molecule has 0 spiro atoms. The fraction of sp³-hybridized carbons (Fsp3) is 0.474. The number of carbonyl (C=O) groups is 1. The number of amides is 1. The number of nitrogens with one attached hydrogen (secondary N) is 1. The van der Waals surface area contributed by atoms with E-state index in [1.54, 1.807) is 6.20 Å². The fourth-order valence-electron chi connectivity index (χ4n) is 3.32. The van der Waals surface area contributed by atoms with Crippen LogP contribution >= 0.6 is 0 Å². The molecule has 1 saturated heterocycles. The van der Waals surface area contributed by atoms with E-state index in [9.17, 15) is 4.79 Å². The minimum atomic E-state index is -0.199. The molecule has 2 fully saturated rings. The highest BCUT2D eigenvalue weighted by atomic mass is 16.5. The lowest BCUT2D eigenvalue weighted by Crippen LogP contribution is -2.34. The molecule has 1 aromatic heterocycles. The first-order valence-electron chi connectivity index (χ1n) is 8.76. The van der Waals surface area contributed by atoms with Gasteiger partial charge in [-0.1, -0.05) is 30.3 Å². The largest absolute Gasteiger partial charge is 0.371 e. The maximum Gasteiger partial charge on any atom is 0.226 e. The van der Waals surface area contributed by atoms with E-state index in [1.807, 2.05) is 28.9 Å². The first-order valence-corrected chi connectivity index (χ1v) is 8.76. The Bertz CT molecular complexity index is 694. The average Bonchev–Trinajstić information content (AvgIpc) is 3.11. The molecular formula is C19H23N3O2. The normalized spacial score (nSPS) is 23.3. The Balaban J connectivity index is 1.48. The maximum absolute atomic E-state index is 12.5. The number of ether oxygens (including phenoxy) is 1. The van der Waals surface area contributed by atoms with Crippen molar-refractivity contribution in [3.63, 3.8) is 0 Å². The first kappa shape index (κ1) is 15.4. The highest BCUT2D eigenvalue weighted by molar-refractivity contribution is 5.79. The molecule has 5 heteroatoms. The SMILES string of the molecule is O=C(NCC1CC1)[C@H]1CCO[C@@H]1c1ccnn1Cc1ccccc1. The molecule has 24 heavy (non-hydrogen) atoms. The zero-order chi connectivity index (χ0) is 16.4. The van der Waals surface area contributed by atoms with Gasteiger partial charge in [0.2, 0.25) is 5.91 Å². The quantitative estimate of drug-likeness (QED) is 0.888. The van der Waals surface area contributed by atoms with Crippen LogP contribution in [0.15, 0.2) is 42.6 Å². The topological polar surface area (TPSA) is 56.1 Å². The van der Waals surface area contributed by atoms with E-state index in [0.29, 0.717) is 19.1 Å². The number of hydrogen-bond donors (Lipinski definition) is 1. The van der Waals surface area contributed by atoms with Gasteiger partial charge >= 0.3 is 0 Å². The number of rotatable bonds is 6. The molecule has 0 bridgehead atoms. The zero-order valence-corrected chi connectivity index (χ0v) is 13.7. The van der Waals surface area contributed by atoms with Gasteiger partial charge in [0, 0.05) is 19.3 Å². The summed E-state index contributed by atoms with van der Waals surface area (Å²) in [5.41, 5.74) is 2.18. The van der Waals surface area contributed by atoms with Gasteiger partial charge in [-0.15, -0.1) is 0 Å². The fourth-order valence-corrected chi connectivity index (χ4v) is 3.32. The predicted octanol–water partition coefficient (Wildman–Crippen LogP) is 2.54. The molecule has 1 aliphatic heterocycles. The molecule has 1 saturated carbocycles. The molecule has 5 nitrogen and oxygen atoms in total. The van der Waals surface area contributed by atoms with E-state index in [-0.39, 0.29) is 17.9 Å². The Morgan fingerprint density at radius 1 is 1.21 bits per heavy atom. The Kier molecular flexibility index (Phi) is 4.34. The molecule has 4 rings (SSSR count). The van der Waals surface area contributed by atoms with Gasteiger partial charge in [0.25, 0.3) is 0 Å². The van der Waals surface area contributed by atoms with Crippen LogP contribution in [-0.2, 0) is 16.1 Å². The van der Waals surface area contributed by atoms with Crippen molar-refractivity contribution in [1.29, 1.82) is 0 Å². The van der Waals surface area contributed by atoms with Crippen molar-refractivity contribution in [3.05, 3.63) is 53.9 Å². The monoisotopic (exact) mass is 325 g/mol. The lowest BCUT2D eigenvalue weighted by molar-refractivity contribution is -0.126. The summed E-state index contributed by atoms with van der Waals surface area (Å²) in [4.78, 5) is 12.5. The lowest BCUT2D eigenvalue weighted by Gasteiger charge is -2.19. The molecule has 1 aliphatic carbocycles. The van der Waals surface area contributed by atoms with Crippen molar-refractivity contribution in [2.75, 3.05) is 13.2 Å². The Hall–Kier alpha value is -2.14. The van der Waals surface area contributed by atoms with Crippen LogP contribution < -0.4 is 5.32 Å². The van der Waals surface area contributed by atoms with Crippen molar-refractivity contribution in [2.45, 2.75) is 31.9 Å². The summed E-state index contributed by atoms with van der Waals surface area (Å²) in [5, 5.41) is 7.54. The van der Waals surface area contributed by atoms with Gasteiger partial charge in [-0.2, -0.15) is 5.10 Å². The van der Waals surface area contributed by atoms with Gasteiger partial charge in [0.05, 0.1) is 18.2 Å². The third-order valence-electron chi connectivity index (χ3n) is 4.91. The molecule has 2 atom stereocenters. The van der Waals surface area contributed by atoms with Crippen LogP contribution in [0, 0.1) is 11.8 Å². The minimum Gasteiger partial charge on any atom is -0.371 e. The van der Waals surface area contributed by atoms with Crippen LogP contribution in [0.3, 0.4) is 0 Å². The summed E-state index contributed by atoms with van der Waals surface area (Å²) in [6.07, 6.45) is 4.86. The third-order valence-corrected chi connectivity index (χ3v) is 4.91. The standard InChI is InChI=1S/C19H23N3O2/c23-19(20-12-14-6-7-14)16-9-11-24-18(16)17-8-10-21-22(17)13-15-4-2-1-3-5-15/h1-5,8,10,14,16,18H,6-7,9,11-13H2,(H,20,23)/t16-,18-/m0/s1. The van der Waals surface area contributed by atoms with E-state index in [2.05, 4.69) is 22.5 Å². The summed E-state index contributed by atoms with van der Waals surface area (Å²) in [5.74, 6) is 0.699. The van der Waals surface area contributed by atoms with Crippen molar-refractivity contribution < 1.29 is 9.53 Å². The second kappa shape index (κ2) is 6.77. The number of aromatic nitrogens is 2. The molecule has 1 N–H and O–H groups in total. The Labute approximate surface area is 142 Å². The zero-order valence-electron chi connectivity index (χ0n) is 13.7. The maximum atomic E-state index is 12.5. The van der Waals surface area contributed by atoms with Crippen LogP contribution in [0.4, 0.5) is 0 Å². The van der Waals surface area contributed by atoms with Crippen molar-refractivity contribution in [2.24, 2.45) is 11.8 Å². The van der Waals surface area contributed by atoms with E-state index in [1.165, 1.54) is 18.4 Å². The highest BCUT2D eigenvalue weighted by Crippen LogP contribution is 2.35. The van der Waals surface area contributed by atoms with Gasteiger partial charge in [-0.3, -0.25) is 9.48 Å². The van der Waals surface area contributed by atoms with Gasteiger partial charge in [-0.05, 0) is 36.8 Å². The summed E-state index contributed by atoms with van der Waals surface area (Å²) < 4.78 is 7.86. The van der Waals surface area contributed by atoms with Gasteiger partial charge < -0.3 is 10.1 Å². The van der Waals surface area contributed by atoms with Gasteiger partial charge in [0.1, 0.15) is 6.10 Å². The van der Waals surface area contributed by atoms with Crippen molar-refractivity contribution >= 4 is 5.91 Å².